The van der Waals surface area contributed by atoms with Gasteiger partial charge in [0.15, 0.2) is 0 Å². The lowest BCUT2D eigenvalue weighted by Gasteiger charge is -2.31. The molecule has 0 aromatic carbocycles. The summed E-state index contributed by atoms with van der Waals surface area (Å²) in [5.74, 6) is -0.771. The summed E-state index contributed by atoms with van der Waals surface area (Å²) in [6.45, 7) is 13.3. The molecule has 0 aromatic rings. The Morgan fingerprint density at radius 2 is 1.53 bits per heavy atom. The minimum Gasteiger partial charge on any atom is -0.337 e. The van der Waals surface area contributed by atoms with Crippen LogP contribution in [0.4, 0.5) is 0 Å². The van der Waals surface area contributed by atoms with Crippen LogP contribution in [0.15, 0.2) is 0 Å². The molecule has 0 radical (unpaired) electrons. The molecule has 0 saturated carbocycles. The van der Waals surface area contributed by atoms with Gasteiger partial charge in [-0.2, -0.15) is 0 Å². The van der Waals surface area contributed by atoms with Gasteiger partial charge in [0.2, 0.25) is 0 Å². The Kier molecular flexibility index (Phi) is 5.66. The summed E-state index contributed by atoms with van der Waals surface area (Å²) in [5.41, 5.74) is -0.0408. The van der Waals surface area contributed by atoms with E-state index in [-0.39, 0.29) is 17.4 Å². The van der Waals surface area contributed by atoms with Crippen molar-refractivity contribution in [2.75, 3.05) is 20.1 Å². The molecule has 2 amide bonds. The Bertz CT molecular complexity index is 285. The van der Waals surface area contributed by atoms with Crippen LogP contribution in [0.25, 0.3) is 0 Å². The normalized spacial score (nSPS) is 20.0. The number of rotatable bonds is 1. The summed E-state index contributed by atoms with van der Waals surface area (Å²) in [7, 11) is 1.69. The van der Waals surface area contributed by atoms with Crippen LogP contribution in [0.2, 0.25) is 0 Å². The molecule has 0 N–H and O–H groups in total. The van der Waals surface area contributed by atoms with E-state index in [1.54, 1.807) is 11.9 Å². The van der Waals surface area contributed by atoms with Crippen molar-refractivity contribution in [2.45, 2.75) is 47.6 Å². The highest BCUT2D eigenvalue weighted by atomic mass is 16.2. The molecule has 4 nitrogen and oxygen atoms in total. The van der Waals surface area contributed by atoms with E-state index in [1.807, 2.05) is 27.7 Å². The first-order chi connectivity index (χ1) is 7.74. The maximum Gasteiger partial charge on any atom is 0.312 e. The van der Waals surface area contributed by atoms with Gasteiger partial charge < -0.3 is 9.80 Å². The fourth-order valence-electron chi connectivity index (χ4n) is 2.00. The van der Waals surface area contributed by atoms with Crippen molar-refractivity contribution < 1.29 is 9.59 Å². The van der Waals surface area contributed by atoms with E-state index in [1.165, 1.54) is 4.90 Å². The fourth-order valence-corrected chi connectivity index (χ4v) is 2.00. The molecule has 0 spiro atoms. The molecule has 4 heteroatoms. The molecular weight excluding hydrogens is 216 g/mol. The molecule has 1 fully saturated rings. The quantitative estimate of drug-likeness (QED) is 0.657. The first kappa shape index (κ1) is 15.9. The molecule has 0 atom stereocenters. The van der Waals surface area contributed by atoms with Gasteiger partial charge in [0.1, 0.15) is 0 Å². The van der Waals surface area contributed by atoms with Crippen LogP contribution in [0.5, 0.6) is 0 Å². The minimum atomic E-state index is -0.394. The van der Waals surface area contributed by atoms with Crippen molar-refractivity contribution in [3.63, 3.8) is 0 Å². The Hall–Kier alpha value is -1.06. The van der Waals surface area contributed by atoms with Crippen molar-refractivity contribution >= 4 is 11.8 Å². The highest BCUT2D eigenvalue weighted by Crippen LogP contribution is 2.23. The van der Waals surface area contributed by atoms with Crippen molar-refractivity contribution in [3.05, 3.63) is 0 Å². The number of carbonyl (C=O) groups excluding carboxylic acids is 2. The summed E-state index contributed by atoms with van der Waals surface area (Å²) < 4.78 is 0. The summed E-state index contributed by atoms with van der Waals surface area (Å²) in [5, 5.41) is 0. The Morgan fingerprint density at radius 1 is 1.06 bits per heavy atom. The average Bonchev–Trinajstić information content (AvgIpc) is 2.32. The van der Waals surface area contributed by atoms with Gasteiger partial charge in [0.05, 0.1) is 0 Å². The van der Waals surface area contributed by atoms with Crippen molar-refractivity contribution in [2.24, 2.45) is 5.41 Å². The van der Waals surface area contributed by atoms with Crippen LogP contribution in [0.1, 0.15) is 41.5 Å². The second-order valence-corrected chi connectivity index (χ2v) is 5.35. The molecule has 0 unspecified atom stereocenters. The van der Waals surface area contributed by atoms with Gasteiger partial charge in [-0.3, -0.25) is 9.59 Å². The van der Waals surface area contributed by atoms with Crippen LogP contribution in [-0.4, -0.2) is 47.8 Å². The van der Waals surface area contributed by atoms with Crippen molar-refractivity contribution in [3.8, 4) is 0 Å². The highest BCUT2D eigenvalue weighted by molar-refractivity contribution is 6.35. The molecule has 1 aliphatic heterocycles. The van der Waals surface area contributed by atoms with E-state index in [4.69, 9.17) is 0 Å². The van der Waals surface area contributed by atoms with Gasteiger partial charge in [-0.25, -0.2) is 0 Å². The molecule has 1 saturated heterocycles. The Balaban J connectivity index is 0.00000121. The molecular formula is C13H26N2O2. The standard InChI is InChI=1S/C11H20N2O2.C2H6/c1-8(2)13-7-11(3,4)6-12(5)9(14)10(13)15;1-2/h8H,6-7H2,1-5H3;1-2H3. The molecule has 0 aliphatic carbocycles. The maximum absolute atomic E-state index is 11.8. The van der Waals surface area contributed by atoms with Gasteiger partial charge in [-0.05, 0) is 19.3 Å². The number of hydrogen-bond acceptors (Lipinski definition) is 2. The third kappa shape index (κ3) is 4.02. The number of likely N-dealkylation sites (N-methyl/N-ethyl adjacent to an activating group) is 1. The number of nitrogens with zero attached hydrogens (tertiary/aromatic N) is 2. The summed E-state index contributed by atoms with van der Waals surface area (Å²) in [6, 6.07) is 0.0761. The van der Waals surface area contributed by atoms with Gasteiger partial charge in [0, 0.05) is 26.2 Å². The number of hydrogen-bond donors (Lipinski definition) is 0. The molecule has 1 rings (SSSR count). The zero-order chi connectivity index (χ0) is 13.8. The van der Waals surface area contributed by atoms with E-state index >= 15 is 0 Å². The molecule has 100 valence electrons. The fraction of sp³-hybridized carbons (Fsp3) is 0.846. The van der Waals surface area contributed by atoms with E-state index in [9.17, 15) is 9.59 Å². The van der Waals surface area contributed by atoms with Gasteiger partial charge in [-0.1, -0.05) is 27.7 Å². The van der Waals surface area contributed by atoms with Crippen LogP contribution < -0.4 is 0 Å². The summed E-state index contributed by atoms with van der Waals surface area (Å²) in [6.07, 6.45) is 0. The second kappa shape index (κ2) is 6.03. The number of amides is 2. The molecule has 0 bridgehead atoms. The monoisotopic (exact) mass is 242 g/mol. The Morgan fingerprint density at radius 3 is 1.94 bits per heavy atom. The highest BCUT2D eigenvalue weighted by Gasteiger charge is 2.37. The molecule has 1 heterocycles. The van der Waals surface area contributed by atoms with E-state index in [2.05, 4.69) is 13.8 Å². The topological polar surface area (TPSA) is 40.6 Å². The first-order valence-corrected chi connectivity index (χ1v) is 6.31. The van der Waals surface area contributed by atoms with Crippen molar-refractivity contribution in [1.29, 1.82) is 0 Å². The predicted octanol–water partition coefficient (Wildman–Crippen LogP) is 1.75. The zero-order valence-corrected chi connectivity index (χ0v) is 12.2. The van der Waals surface area contributed by atoms with E-state index in [0.29, 0.717) is 13.1 Å². The Labute approximate surface area is 105 Å². The first-order valence-electron chi connectivity index (χ1n) is 6.31. The van der Waals surface area contributed by atoms with Crippen LogP contribution >= 0.6 is 0 Å². The zero-order valence-electron chi connectivity index (χ0n) is 12.2. The van der Waals surface area contributed by atoms with Gasteiger partial charge >= 0.3 is 11.8 Å². The van der Waals surface area contributed by atoms with Crippen LogP contribution in [0.3, 0.4) is 0 Å². The van der Waals surface area contributed by atoms with Crippen LogP contribution in [-0.2, 0) is 9.59 Å². The average molecular weight is 242 g/mol. The smallest absolute Gasteiger partial charge is 0.312 e. The summed E-state index contributed by atoms with van der Waals surface area (Å²) in [4.78, 5) is 26.7. The van der Waals surface area contributed by atoms with E-state index < -0.39 is 5.91 Å². The SMILES string of the molecule is CC.CC(C)N1CC(C)(C)CN(C)C(=O)C1=O. The van der Waals surface area contributed by atoms with Crippen LogP contribution in [0, 0.1) is 5.41 Å². The largest absolute Gasteiger partial charge is 0.337 e. The molecule has 0 aromatic heterocycles. The third-order valence-corrected chi connectivity index (χ3v) is 2.68. The molecule has 17 heavy (non-hydrogen) atoms. The van der Waals surface area contributed by atoms with E-state index in [0.717, 1.165) is 0 Å². The van der Waals surface area contributed by atoms with Gasteiger partial charge in [0.25, 0.3) is 0 Å². The maximum atomic E-state index is 11.8. The predicted molar refractivity (Wildman–Crippen MR) is 69.6 cm³/mol. The number of carbonyl (C=O) groups is 2. The lowest BCUT2D eigenvalue weighted by atomic mass is 9.92. The lowest BCUT2D eigenvalue weighted by molar-refractivity contribution is -0.150. The lowest BCUT2D eigenvalue weighted by Crippen LogP contribution is -2.44. The minimum absolute atomic E-state index is 0.0408. The van der Waals surface area contributed by atoms with Crippen molar-refractivity contribution in [1.82, 2.24) is 9.80 Å². The second-order valence-electron chi connectivity index (χ2n) is 5.35. The van der Waals surface area contributed by atoms with Gasteiger partial charge in [-0.15, -0.1) is 0 Å². The summed E-state index contributed by atoms with van der Waals surface area (Å²) >= 11 is 0. The molecule has 1 aliphatic rings. The third-order valence-electron chi connectivity index (χ3n) is 2.68.